The van der Waals surface area contributed by atoms with Crippen molar-refractivity contribution in [3.8, 4) is 16.9 Å². The van der Waals surface area contributed by atoms with E-state index in [2.05, 4.69) is 46.7 Å². The Labute approximate surface area is 204 Å². The molecule has 1 N–H and O–H groups in total. The molecule has 5 heteroatoms. The molecule has 5 nitrogen and oxygen atoms in total. The average Bonchev–Trinajstić information content (AvgIpc) is 3.32. The summed E-state index contributed by atoms with van der Waals surface area (Å²) in [5.74, 6) is 0.527. The van der Waals surface area contributed by atoms with E-state index in [4.69, 9.17) is 9.15 Å². The lowest BCUT2D eigenvalue weighted by atomic mass is 9.95. The zero-order valence-electron chi connectivity index (χ0n) is 20.0. The van der Waals surface area contributed by atoms with Crippen LogP contribution < -0.4 is 10.1 Å². The van der Waals surface area contributed by atoms with Crippen LogP contribution in [-0.4, -0.2) is 18.0 Å². The predicted octanol–water partition coefficient (Wildman–Crippen LogP) is 6.68. The molecule has 5 aromatic rings. The fraction of sp³-hybridized carbons (Fsp3) is 0.133. The summed E-state index contributed by atoms with van der Waals surface area (Å²) in [6, 6.07) is 20.5. The summed E-state index contributed by atoms with van der Waals surface area (Å²) in [7, 11) is 1.64. The maximum Gasteiger partial charge on any atom is 0.244 e. The normalized spacial score (nSPS) is 11.7. The summed E-state index contributed by atoms with van der Waals surface area (Å²) in [5.41, 5.74) is 6.37. The van der Waals surface area contributed by atoms with E-state index in [9.17, 15) is 4.79 Å². The third-order valence-corrected chi connectivity index (χ3v) is 6.27. The number of ether oxygens (including phenoxy) is 1. The first kappa shape index (κ1) is 22.4. The number of benzene rings is 3. The number of hydrogen-bond donors (Lipinski definition) is 1. The van der Waals surface area contributed by atoms with Gasteiger partial charge in [-0.15, -0.1) is 0 Å². The Morgan fingerprint density at radius 3 is 2.69 bits per heavy atom. The van der Waals surface area contributed by atoms with Crippen molar-refractivity contribution in [1.82, 2.24) is 10.3 Å². The quantitative estimate of drug-likeness (QED) is 0.286. The van der Waals surface area contributed by atoms with Gasteiger partial charge in [0.15, 0.2) is 0 Å². The molecule has 0 saturated heterocycles. The van der Waals surface area contributed by atoms with Crippen molar-refractivity contribution in [2.75, 3.05) is 7.11 Å². The van der Waals surface area contributed by atoms with Crippen LogP contribution in [0.2, 0.25) is 0 Å². The van der Waals surface area contributed by atoms with E-state index in [-0.39, 0.29) is 5.91 Å². The Kier molecular flexibility index (Phi) is 6.06. The first-order valence-corrected chi connectivity index (χ1v) is 11.5. The van der Waals surface area contributed by atoms with Gasteiger partial charge in [0.05, 0.1) is 13.4 Å². The lowest BCUT2D eigenvalue weighted by molar-refractivity contribution is -0.116. The molecular formula is C30H26N2O3. The predicted molar refractivity (Wildman–Crippen MR) is 140 cm³/mol. The van der Waals surface area contributed by atoms with Gasteiger partial charge in [0, 0.05) is 47.1 Å². The van der Waals surface area contributed by atoms with Crippen molar-refractivity contribution in [2.24, 2.45) is 0 Å². The van der Waals surface area contributed by atoms with Crippen LogP contribution in [0, 0.1) is 6.92 Å². The molecule has 0 atom stereocenters. The minimum absolute atomic E-state index is 0.173. The number of amides is 1. The average molecular weight is 463 g/mol. The summed E-state index contributed by atoms with van der Waals surface area (Å²) in [6.07, 6.45) is 6.85. The number of aromatic nitrogens is 1. The van der Waals surface area contributed by atoms with Gasteiger partial charge in [0.25, 0.3) is 0 Å². The third kappa shape index (κ3) is 4.41. The molecule has 35 heavy (non-hydrogen) atoms. The molecule has 0 radical (unpaired) electrons. The van der Waals surface area contributed by atoms with Crippen LogP contribution >= 0.6 is 0 Å². The van der Waals surface area contributed by atoms with Crippen molar-refractivity contribution in [3.63, 3.8) is 0 Å². The Bertz CT molecular complexity index is 1570. The SMILES string of the molecule is COc1c(/C(C)=C/C(=O)NCc2cccnc2)cc2c(-c3ccc4ccccc4c3)coc2c1C. The third-order valence-electron chi connectivity index (χ3n) is 6.27. The van der Waals surface area contributed by atoms with Crippen LogP contribution in [0.25, 0.3) is 38.4 Å². The number of nitrogens with zero attached hydrogens (tertiary/aromatic N) is 1. The number of allylic oxidation sites excluding steroid dienone is 1. The van der Waals surface area contributed by atoms with Crippen LogP contribution in [0.4, 0.5) is 0 Å². The zero-order chi connectivity index (χ0) is 24.4. The van der Waals surface area contributed by atoms with E-state index in [1.165, 1.54) is 10.8 Å². The van der Waals surface area contributed by atoms with Crippen molar-refractivity contribution in [3.05, 3.63) is 102 Å². The molecule has 0 unspecified atom stereocenters. The Morgan fingerprint density at radius 2 is 1.91 bits per heavy atom. The van der Waals surface area contributed by atoms with Crippen molar-refractivity contribution >= 4 is 33.2 Å². The first-order valence-electron chi connectivity index (χ1n) is 11.5. The maximum atomic E-state index is 12.6. The zero-order valence-corrected chi connectivity index (χ0v) is 20.0. The van der Waals surface area contributed by atoms with Crippen LogP contribution in [0.1, 0.15) is 23.6 Å². The highest BCUT2D eigenvalue weighted by atomic mass is 16.5. The molecule has 1 amide bonds. The lowest BCUT2D eigenvalue weighted by Gasteiger charge is -2.13. The van der Waals surface area contributed by atoms with Crippen LogP contribution in [0.3, 0.4) is 0 Å². The number of aryl methyl sites for hydroxylation is 1. The number of pyridine rings is 1. The molecule has 2 aromatic heterocycles. The number of methoxy groups -OCH3 is 1. The standard InChI is InChI=1S/C30H26N2O3/c1-19(13-28(33)32-17-21-7-6-12-31-16-21)25-15-26-27(18-35-30(26)20(2)29(25)34-3)24-11-10-22-8-4-5-9-23(22)14-24/h4-16,18H,17H2,1-3H3,(H,32,33)/b19-13+. The monoisotopic (exact) mass is 462 g/mol. The van der Waals surface area contributed by atoms with Gasteiger partial charge in [-0.05, 0) is 59.5 Å². The molecule has 0 aliphatic heterocycles. The van der Waals surface area contributed by atoms with E-state index in [0.717, 1.165) is 44.4 Å². The number of fused-ring (bicyclic) bond motifs is 2. The highest BCUT2D eigenvalue weighted by molar-refractivity contribution is 6.02. The summed E-state index contributed by atoms with van der Waals surface area (Å²) >= 11 is 0. The van der Waals surface area contributed by atoms with Gasteiger partial charge in [-0.25, -0.2) is 0 Å². The number of carbonyl (C=O) groups excluding carboxylic acids is 1. The largest absolute Gasteiger partial charge is 0.496 e. The summed E-state index contributed by atoms with van der Waals surface area (Å²) in [4.78, 5) is 16.7. The van der Waals surface area contributed by atoms with Gasteiger partial charge < -0.3 is 14.5 Å². The maximum absolute atomic E-state index is 12.6. The summed E-state index contributed by atoms with van der Waals surface area (Å²) in [6.45, 7) is 4.32. The van der Waals surface area contributed by atoms with Crippen LogP contribution in [0.15, 0.2) is 89.8 Å². The molecule has 0 fully saturated rings. The highest BCUT2D eigenvalue weighted by Crippen LogP contribution is 2.41. The second kappa shape index (κ2) is 9.47. The van der Waals surface area contributed by atoms with Crippen molar-refractivity contribution in [1.29, 1.82) is 0 Å². The fourth-order valence-electron chi connectivity index (χ4n) is 4.47. The summed E-state index contributed by atoms with van der Waals surface area (Å²) in [5, 5.41) is 6.27. The van der Waals surface area contributed by atoms with Crippen molar-refractivity contribution < 1.29 is 13.9 Å². The minimum Gasteiger partial charge on any atom is -0.496 e. The number of hydrogen-bond acceptors (Lipinski definition) is 4. The lowest BCUT2D eigenvalue weighted by Crippen LogP contribution is -2.20. The van der Waals surface area contributed by atoms with Crippen LogP contribution in [-0.2, 0) is 11.3 Å². The minimum atomic E-state index is -0.173. The van der Waals surface area contributed by atoms with E-state index in [1.807, 2.05) is 38.1 Å². The fourth-order valence-corrected chi connectivity index (χ4v) is 4.47. The van der Waals surface area contributed by atoms with Crippen LogP contribution in [0.5, 0.6) is 5.75 Å². The van der Waals surface area contributed by atoms with Gasteiger partial charge in [0.1, 0.15) is 11.3 Å². The van der Waals surface area contributed by atoms with Gasteiger partial charge >= 0.3 is 0 Å². The molecule has 174 valence electrons. The highest BCUT2D eigenvalue weighted by Gasteiger charge is 2.19. The van der Waals surface area contributed by atoms with E-state index in [1.54, 1.807) is 31.8 Å². The Balaban J connectivity index is 1.53. The molecule has 2 heterocycles. The van der Waals surface area contributed by atoms with Gasteiger partial charge in [-0.3, -0.25) is 9.78 Å². The Morgan fingerprint density at radius 1 is 1.09 bits per heavy atom. The van der Waals surface area contributed by atoms with E-state index in [0.29, 0.717) is 12.3 Å². The number of rotatable bonds is 6. The molecule has 0 saturated carbocycles. The van der Waals surface area contributed by atoms with Gasteiger partial charge in [0.2, 0.25) is 5.91 Å². The topological polar surface area (TPSA) is 64.4 Å². The second-order valence-corrected chi connectivity index (χ2v) is 8.58. The van der Waals surface area contributed by atoms with Gasteiger partial charge in [-0.2, -0.15) is 0 Å². The molecule has 0 aliphatic carbocycles. The van der Waals surface area contributed by atoms with E-state index < -0.39 is 0 Å². The number of furan rings is 1. The van der Waals surface area contributed by atoms with Gasteiger partial charge in [-0.1, -0.05) is 42.5 Å². The Hall–Kier alpha value is -4.38. The molecule has 0 spiro atoms. The number of nitrogens with one attached hydrogen (secondary N) is 1. The second-order valence-electron chi connectivity index (χ2n) is 8.58. The summed E-state index contributed by atoms with van der Waals surface area (Å²) < 4.78 is 11.8. The molecular weight excluding hydrogens is 436 g/mol. The molecule has 0 aliphatic rings. The molecule has 5 rings (SSSR count). The van der Waals surface area contributed by atoms with E-state index >= 15 is 0 Å². The smallest absolute Gasteiger partial charge is 0.244 e. The number of carbonyl (C=O) groups is 1. The molecule has 3 aromatic carbocycles. The molecule has 0 bridgehead atoms. The first-order chi connectivity index (χ1) is 17.0. The van der Waals surface area contributed by atoms with Crippen molar-refractivity contribution in [2.45, 2.75) is 20.4 Å².